The molecule has 2 aromatic heterocycles. The number of amides is 1. The van der Waals surface area contributed by atoms with Crippen molar-refractivity contribution in [1.29, 1.82) is 0 Å². The number of aromatic amines is 1. The van der Waals surface area contributed by atoms with E-state index in [-0.39, 0.29) is 5.91 Å². The number of carbonyl (C=O) groups excluding carboxylic acids is 1. The van der Waals surface area contributed by atoms with E-state index >= 15 is 0 Å². The zero-order valence-electron chi connectivity index (χ0n) is 16.3. The van der Waals surface area contributed by atoms with E-state index in [1.807, 2.05) is 17.2 Å². The second-order valence-corrected chi connectivity index (χ2v) is 9.83. The van der Waals surface area contributed by atoms with Crippen LogP contribution >= 0.6 is 0 Å². The van der Waals surface area contributed by atoms with Gasteiger partial charge in [-0.15, -0.1) is 0 Å². The second kappa shape index (κ2) is 7.00. The van der Waals surface area contributed by atoms with Crippen LogP contribution in [-0.2, 0) is 14.8 Å². The van der Waals surface area contributed by atoms with Crippen LogP contribution in [-0.4, -0.2) is 72.7 Å². The van der Waals surface area contributed by atoms with Crippen LogP contribution in [0.3, 0.4) is 0 Å². The molecular weight excluding hydrogens is 380 g/mol. The van der Waals surface area contributed by atoms with E-state index in [4.69, 9.17) is 0 Å². The third-order valence-electron chi connectivity index (χ3n) is 6.01. The number of carbonyl (C=O) groups is 1. The van der Waals surface area contributed by atoms with Crippen LogP contribution in [0.25, 0.3) is 11.0 Å². The van der Waals surface area contributed by atoms with Gasteiger partial charge in [-0.2, -0.15) is 0 Å². The van der Waals surface area contributed by atoms with Crippen molar-refractivity contribution in [2.24, 2.45) is 11.8 Å². The summed E-state index contributed by atoms with van der Waals surface area (Å²) < 4.78 is 25.1. The van der Waals surface area contributed by atoms with Gasteiger partial charge in [-0.3, -0.25) is 4.79 Å². The molecule has 2 fully saturated rings. The normalized spacial score (nSPS) is 25.8. The van der Waals surface area contributed by atoms with Gasteiger partial charge in [0.15, 0.2) is 0 Å². The maximum absolute atomic E-state index is 12.6. The Hall–Kier alpha value is -2.20. The van der Waals surface area contributed by atoms with E-state index in [1.165, 1.54) is 0 Å². The Kier molecular flexibility index (Phi) is 4.78. The summed E-state index contributed by atoms with van der Waals surface area (Å²) in [6, 6.07) is 1.63. The lowest BCUT2D eigenvalue weighted by molar-refractivity contribution is -0.131. The zero-order chi connectivity index (χ0) is 20.1. The van der Waals surface area contributed by atoms with Crippen LogP contribution in [0.4, 0.5) is 5.82 Å². The molecule has 152 valence electrons. The molecule has 4 rings (SSSR count). The van der Waals surface area contributed by atoms with Crippen LogP contribution in [0.5, 0.6) is 0 Å². The highest BCUT2D eigenvalue weighted by atomic mass is 32.2. The molecule has 0 radical (unpaired) electrons. The maximum atomic E-state index is 12.6. The highest BCUT2D eigenvalue weighted by molar-refractivity contribution is 7.88. The highest BCUT2D eigenvalue weighted by Gasteiger charge is 2.44. The van der Waals surface area contributed by atoms with Crippen molar-refractivity contribution >= 4 is 32.8 Å². The first-order valence-corrected chi connectivity index (χ1v) is 11.4. The summed E-state index contributed by atoms with van der Waals surface area (Å²) >= 11 is 0. The van der Waals surface area contributed by atoms with Gasteiger partial charge < -0.3 is 14.8 Å². The first-order valence-electron chi connectivity index (χ1n) is 9.50. The lowest BCUT2D eigenvalue weighted by Crippen LogP contribution is -2.46. The lowest BCUT2D eigenvalue weighted by atomic mass is 10.0. The average molecular weight is 407 g/mol. The van der Waals surface area contributed by atoms with Crippen LogP contribution in [0.1, 0.15) is 19.8 Å². The molecule has 1 aliphatic heterocycles. The summed E-state index contributed by atoms with van der Waals surface area (Å²) in [6.07, 6.45) is 6.51. The number of H-pyrrole nitrogens is 1. The van der Waals surface area contributed by atoms with Crippen molar-refractivity contribution < 1.29 is 13.2 Å². The Morgan fingerprint density at radius 1 is 1.32 bits per heavy atom. The predicted molar refractivity (Wildman–Crippen MR) is 106 cm³/mol. The fourth-order valence-electron chi connectivity index (χ4n) is 4.72. The van der Waals surface area contributed by atoms with E-state index < -0.39 is 16.1 Å². The first kappa shape index (κ1) is 19.1. The highest BCUT2D eigenvalue weighted by Crippen LogP contribution is 2.41. The van der Waals surface area contributed by atoms with Crippen molar-refractivity contribution in [3.63, 3.8) is 0 Å². The van der Waals surface area contributed by atoms with Gasteiger partial charge in [-0.1, -0.05) is 0 Å². The summed E-state index contributed by atoms with van der Waals surface area (Å²) in [5.74, 6) is 1.65. The van der Waals surface area contributed by atoms with Gasteiger partial charge in [0.1, 0.15) is 17.8 Å². The number of fused-ring (bicyclic) bond motifs is 2. The van der Waals surface area contributed by atoms with Gasteiger partial charge in [-0.25, -0.2) is 23.1 Å². The van der Waals surface area contributed by atoms with Gasteiger partial charge in [0.25, 0.3) is 0 Å². The van der Waals surface area contributed by atoms with E-state index in [9.17, 15) is 13.2 Å². The van der Waals surface area contributed by atoms with Gasteiger partial charge in [-0.05, 0) is 37.7 Å². The van der Waals surface area contributed by atoms with E-state index in [0.29, 0.717) is 31.0 Å². The van der Waals surface area contributed by atoms with Crippen molar-refractivity contribution in [2.45, 2.75) is 31.8 Å². The van der Waals surface area contributed by atoms with Gasteiger partial charge in [0.05, 0.1) is 17.7 Å². The molecule has 2 aliphatic rings. The third-order valence-corrected chi connectivity index (χ3v) is 6.80. The molecule has 3 heterocycles. The average Bonchev–Trinajstić information content (AvgIpc) is 3.32. The molecule has 2 aromatic rings. The molecule has 4 atom stereocenters. The van der Waals surface area contributed by atoms with Crippen LogP contribution < -0.4 is 9.62 Å². The fourth-order valence-corrected chi connectivity index (χ4v) is 5.47. The number of sulfonamides is 1. The summed E-state index contributed by atoms with van der Waals surface area (Å²) in [5, 5.41) is 1.01. The molecule has 0 spiro atoms. The van der Waals surface area contributed by atoms with Crippen LogP contribution in [0.15, 0.2) is 18.6 Å². The molecule has 9 nitrogen and oxygen atoms in total. The van der Waals surface area contributed by atoms with Gasteiger partial charge in [0, 0.05) is 32.4 Å². The molecule has 1 saturated carbocycles. The molecule has 28 heavy (non-hydrogen) atoms. The van der Waals surface area contributed by atoms with Gasteiger partial charge in [0.2, 0.25) is 15.9 Å². The maximum Gasteiger partial charge on any atom is 0.240 e. The minimum Gasteiger partial charge on any atom is -0.356 e. The molecule has 0 bridgehead atoms. The van der Waals surface area contributed by atoms with E-state index in [0.717, 1.165) is 35.9 Å². The topological polar surface area (TPSA) is 111 Å². The Morgan fingerprint density at radius 2 is 2.00 bits per heavy atom. The minimum atomic E-state index is -3.40. The minimum absolute atomic E-state index is 0.144. The molecule has 1 saturated heterocycles. The monoisotopic (exact) mass is 406 g/mol. The lowest BCUT2D eigenvalue weighted by Gasteiger charge is -2.28. The Bertz CT molecular complexity index is 976. The Labute approximate surface area is 164 Å². The smallest absolute Gasteiger partial charge is 0.240 e. The molecule has 0 aromatic carbocycles. The summed E-state index contributed by atoms with van der Waals surface area (Å²) in [5.41, 5.74) is 0.833. The van der Waals surface area contributed by atoms with Crippen molar-refractivity contribution in [1.82, 2.24) is 24.6 Å². The molecule has 10 heteroatoms. The Morgan fingerprint density at radius 3 is 2.64 bits per heavy atom. The van der Waals surface area contributed by atoms with Crippen LogP contribution in [0.2, 0.25) is 0 Å². The largest absolute Gasteiger partial charge is 0.356 e. The number of nitrogens with zero attached hydrogens (tertiary/aromatic N) is 4. The molecule has 2 N–H and O–H groups in total. The second-order valence-electron chi connectivity index (χ2n) is 8.05. The number of aromatic nitrogens is 3. The number of hydrogen-bond donors (Lipinski definition) is 2. The molecule has 1 aliphatic carbocycles. The van der Waals surface area contributed by atoms with Gasteiger partial charge >= 0.3 is 0 Å². The first-order chi connectivity index (χ1) is 13.2. The molecule has 1 amide bonds. The predicted octanol–water partition coefficient (Wildman–Crippen LogP) is 0.569. The molecular formula is C18H26N6O3S. The van der Waals surface area contributed by atoms with Crippen molar-refractivity contribution in [3.05, 3.63) is 18.6 Å². The third kappa shape index (κ3) is 3.58. The van der Waals surface area contributed by atoms with Crippen molar-refractivity contribution in [2.75, 3.05) is 31.3 Å². The number of likely N-dealkylation sites (tertiary alicyclic amines) is 1. The van der Waals surface area contributed by atoms with Crippen LogP contribution in [0, 0.1) is 11.8 Å². The quantitative estimate of drug-likeness (QED) is 0.751. The number of rotatable bonds is 5. The van der Waals surface area contributed by atoms with E-state index in [1.54, 1.807) is 13.3 Å². The fraction of sp³-hybridized carbons (Fsp3) is 0.611. The standard InChI is InChI=1S/C18H26N6O3S/c1-11(22-28(3,26)27)18(25)24-8-12-6-14(7-13(12)9-24)23(2)17-15-4-5-19-16(15)20-10-21-17/h4-5,10-14,22H,6-9H2,1-3H3,(H,19,20,21)/t11-,12-,13+,14?/m1/s1. The number of nitrogens with one attached hydrogen (secondary N) is 2. The summed E-state index contributed by atoms with van der Waals surface area (Å²) in [6.45, 7) is 2.98. The number of anilines is 1. The number of hydrogen-bond acceptors (Lipinski definition) is 6. The zero-order valence-corrected chi connectivity index (χ0v) is 17.1. The molecule has 1 unspecified atom stereocenters. The Balaban J connectivity index is 1.40. The van der Waals surface area contributed by atoms with Crippen molar-refractivity contribution in [3.8, 4) is 0 Å². The SMILES string of the molecule is C[C@@H](NS(C)(=O)=O)C(=O)N1C[C@H]2CC(N(C)c3ncnc4[nH]ccc34)C[C@H]2C1. The summed E-state index contributed by atoms with van der Waals surface area (Å²) in [4.78, 5) is 28.5. The summed E-state index contributed by atoms with van der Waals surface area (Å²) in [7, 11) is -1.33. The van der Waals surface area contributed by atoms with E-state index in [2.05, 4.69) is 31.6 Å².